The zero-order chi connectivity index (χ0) is 8.97. The lowest BCUT2D eigenvalue weighted by Crippen LogP contribution is -1.96. The van der Waals surface area contributed by atoms with Crippen LogP contribution in [0, 0.1) is 10.1 Å². The van der Waals surface area contributed by atoms with Crippen molar-refractivity contribution in [1.82, 2.24) is 4.98 Å². The van der Waals surface area contributed by atoms with Crippen LogP contribution in [0.3, 0.4) is 0 Å². The van der Waals surface area contributed by atoms with Gasteiger partial charge in [-0.1, -0.05) is 6.92 Å². The molecular formula is C7H8N2O2S. The molecule has 0 spiro atoms. The van der Waals surface area contributed by atoms with Crippen molar-refractivity contribution < 1.29 is 4.92 Å². The molecular weight excluding hydrogens is 176 g/mol. The van der Waals surface area contributed by atoms with Crippen molar-refractivity contribution >= 4 is 17.4 Å². The summed E-state index contributed by atoms with van der Waals surface area (Å²) in [6.45, 7) is 1.75. The van der Waals surface area contributed by atoms with E-state index in [2.05, 4.69) is 4.98 Å². The van der Waals surface area contributed by atoms with E-state index < -0.39 is 0 Å². The number of allylic oxidation sites excluding steroid dienone is 1. The highest BCUT2D eigenvalue weighted by molar-refractivity contribution is 7.10. The van der Waals surface area contributed by atoms with Gasteiger partial charge in [0.25, 0.3) is 0 Å². The molecule has 12 heavy (non-hydrogen) atoms. The van der Waals surface area contributed by atoms with E-state index in [4.69, 9.17) is 0 Å². The van der Waals surface area contributed by atoms with E-state index in [0.29, 0.717) is 11.4 Å². The average molecular weight is 184 g/mol. The SMILES string of the molecule is CC/C(=C/c1nccs1)[N+](=O)[O-]. The van der Waals surface area contributed by atoms with Gasteiger partial charge in [-0.25, -0.2) is 4.98 Å². The first kappa shape index (κ1) is 8.86. The minimum Gasteiger partial charge on any atom is -0.259 e. The molecule has 0 unspecified atom stereocenters. The zero-order valence-corrected chi connectivity index (χ0v) is 7.37. The van der Waals surface area contributed by atoms with E-state index >= 15 is 0 Å². The van der Waals surface area contributed by atoms with Crippen molar-refractivity contribution in [2.45, 2.75) is 13.3 Å². The maximum atomic E-state index is 10.4. The maximum absolute atomic E-state index is 10.4. The summed E-state index contributed by atoms with van der Waals surface area (Å²) in [4.78, 5) is 13.9. The Labute approximate surface area is 73.7 Å². The van der Waals surface area contributed by atoms with Crippen LogP contribution in [0.1, 0.15) is 18.4 Å². The first-order valence-corrected chi connectivity index (χ1v) is 4.36. The van der Waals surface area contributed by atoms with E-state index in [1.165, 1.54) is 17.4 Å². The second kappa shape index (κ2) is 3.96. The zero-order valence-electron chi connectivity index (χ0n) is 6.56. The van der Waals surface area contributed by atoms with Crippen LogP contribution in [0.4, 0.5) is 0 Å². The largest absolute Gasteiger partial charge is 0.259 e. The van der Waals surface area contributed by atoms with E-state index in [1.807, 2.05) is 0 Å². The quantitative estimate of drug-likeness (QED) is 0.534. The predicted octanol–water partition coefficient (Wildman–Crippen LogP) is 2.17. The van der Waals surface area contributed by atoms with Crippen molar-refractivity contribution in [2.75, 3.05) is 0 Å². The van der Waals surface area contributed by atoms with Crippen molar-refractivity contribution in [3.05, 3.63) is 32.4 Å². The molecule has 0 radical (unpaired) electrons. The lowest BCUT2D eigenvalue weighted by Gasteiger charge is -1.90. The Hall–Kier alpha value is -1.23. The molecule has 0 amide bonds. The lowest BCUT2D eigenvalue weighted by molar-refractivity contribution is -0.425. The van der Waals surface area contributed by atoms with Gasteiger partial charge in [0.05, 0.1) is 4.92 Å². The Kier molecular flexibility index (Phi) is 2.93. The van der Waals surface area contributed by atoms with Crippen LogP contribution >= 0.6 is 11.3 Å². The minimum absolute atomic E-state index is 0.199. The van der Waals surface area contributed by atoms with Crippen molar-refractivity contribution in [1.29, 1.82) is 0 Å². The summed E-state index contributed by atoms with van der Waals surface area (Å²) < 4.78 is 0. The first-order chi connectivity index (χ1) is 5.74. The smallest absolute Gasteiger partial charge is 0.248 e. The molecule has 5 heteroatoms. The summed E-state index contributed by atoms with van der Waals surface area (Å²) in [5.41, 5.74) is 0.199. The van der Waals surface area contributed by atoms with Crippen LogP contribution in [0.25, 0.3) is 6.08 Å². The fourth-order valence-electron chi connectivity index (χ4n) is 0.732. The minimum atomic E-state index is -0.374. The van der Waals surface area contributed by atoms with Crippen LogP contribution in [-0.2, 0) is 0 Å². The highest BCUT2D eigenvalue weighted by atomic mass is 32.1. The molecule has 0 saturated carbocycles. The standard InChI is InChI=1S/C7H8N2O2S/c1-2-6(9(10)11)5-7-8-3-4-12-7/h3-5H,2H2,1H3/b6-5-. The molecule has 0 bridgehead atoms. The van der Waals surface area contributed by atoms with Gasteiger partial charge in [0.1, 0.15) is 5.01 Å². The van der Waals surface area contributed by atoms with E-state index in [9.17, 15) is 10.1 Å². The molecule has 64 valence electrons. The van der Waals surface area contributed by atoms with Gasteiger partial charge in [-0.05, 0) is 0 Å². The molecule has 0 aliphatic carbocycles. The molecule has 1 aromatic rings. The van der Waals surface area contributed by atoms with Gasteiger partial charge in [-0.15, -0.1) is 11.3 Å². The fourth-order valence-corrected chi connectivity index (χ4v) is 1.32. The van der Waals surface area contributed by atoms with Crippen LogP contribution in [0.15, 0.2) is 17.3 Å². The Morgan fingerprint density at radius 3 is 3.08 bits per heavy atom. The first-order valence-electron chi connectivity index (χ1n) is 3.48. The van der Waals surface area contributed by atoms with Crippen LogP contribution in [0.2, 0.25) is 0 Å². The Balaban J connectivity index is 2.85. The number of aromatic nitrogens is 1. The summed E-state index contributed by atoms with van der Waals surface area (Å²) >= 11 is 1.39. The highest BCUT2D eigenvalue weighted by Crippen LogP contribution is 2.12. The van der Waals surface area contributed by atoms with E-state index in [-0.39, 0.29) is 10.6 Å². The summed E-state index contributed by atoms with van der Waals surface area (Å²) in [7, 11) is 0. The van der Waals surface area contributed by atoms with Gasteiger partial charge in [0.2, 0.25) is 5.70 Å². The Morgan fingerprint density at radius 2 is 2.67 bits per heavy atom. The molecule has 4 nitrogen and oxygen atoms in total. The van der Waals surface area contributed by atoms with Crippen LogP contribution in [-0.4, -0.2) is 9.91 Å². The van der Waals surface area contributed by atoms with Crippen molar-refractivity contribution in [3.8, 4) is 0 Å². The molecule has 0 saturated heterocycles. The van der Waals surface area contributed by atoms with Gasteiger partial charge in [-0.2, -0.15) is 0 Å². The molecule has 0 N–H and O–H groups in total. The normalized spacial score (nSPS) is 11.6. The number of thiazole rings is 1. The second-order valence-corrected chi connectivity index (χ2v) is 3.04. The van der Waals surface area contributed by atoms with Gasteiger partial charge in [0, 0.05) is 24.1 Å². The summed E-state index contributed by atoms with van der Waals surface area (Å²) in [5.74, 6) is 0. The third kappa shape index (κ3) is 2.13. The van der Waals surface area contributed by atoms with Gasteiger partial charge >= 0.3 is 0 Å². The van der Waals surface area contributed by atoms with Gasteiger partial charge in [0.15, 0.2) is 0 Å². The highest BCUT2D eigenvalue weighted by Gasteiger charge is 2.07. The monoisotopic (exact) mass is 184 g/mol. The van der Waals surface area contributed by atoms with Crippen LogP contribution in [0.5, 0.6) is 0 Å². The molecule has 0 atom stereocenters. The third-order valence-electron chi connectivity index (χ3n) is 1.34. The number of hydrogen-bond donors (Lipinski definition) is 0. The third-order valence-corrected chi connectivity index (χ3v) is 2.06. The number of nitrogens with zero attached hydrogens (tertiary/aromatic N) is 2. The maximum Gasteiger partial charge on any atom is 0.248 e. The van der Waals surface area contributed by atoms with Crippen LogP contribution < -0.4 is 0 Å². The van der Waals surface area contributed by atoms with Gasteiger partial charge < -0.3 is 0 Å². The molecule has 1 rings (SSSR count). The van der Waals surface area contributed by atoms with Gasteiger partial charge in [-0.3, -0.25) is 10.1 Å². The number of nitro groups is 1. The second-order valence-electron chi connectivity index (χ2n) is 2.12. The Bertz CT molecular complexity index is 292. The average Bonchev–Trinajstić information content (AvgIpc) is 2.51. The molecule has 0 aliphatic rings. The topological polar surface area (TPSA) is 56.0 Å². The van der Waals surface area contributed by atoms with Crippen molar-refractivity contribution in [3.63, 3.8) is 0 Å². The fraction of sp³-hybridized carbons (Fsp3) is 0.286. The van der Waals surface area contributed by atoms with E-state index in [0.717, 1.165) is 0 Å². The summed E-state index contributed by atoms with van der Waals surface area (Å²) in [6.07, 6.45) is 3.56. The molecule has 0 aromatic carbocycles. The van der Waals surface area contributed by atoms with Crippen molar-refractivity contribution in [2.24, 2.45) is 0 Å². The number of rotatable bonds is 3. The lowest BCUT2D eigenvalue weighted by atomic mass is 10.3. The summed E-state index contributed by atoms with van der Waals surface area (Å²) in [6, 6.07) is 0. The summed E-state index contributed by atoms with van der Waals surface area (Å²) in [5, 5.41) is 12.8. The Morgan fingerprint density at radius 1 is 1.92 bits per heavy atom. The molecule has 0 fully saturated rings. The predicted molar refractivity (Wildman–Crippen MR) is 47.4 cm³/mol. The molecule has 1 heterocycles. The van der Waals surface area contributed by atoms with E-state index in [1.54, 1.807) is 18.5 Å². The molecule has 1 aromatic heterocycles. The number of hydrogen-bond acceptors (Lipinski definition) is 4. The molecule has 0 aliphatic heterocycles.